The highest BCUT2D eigenvalue weighted by molar-refractivity contribution is 6.28. The fourth-order valence-corrected chi connectivity index (χ4v) is 3.31. The molecule has 37 heavy (non-hydrogen) atoms. The molecule has 4 amide bonds. The molecular formula is C25H24F4N2O6. The lowest BCUT2D eigenvalue weighted by Gasteiger charge is -2.28. The van der Waals surface area contributed by atoms with Crippen LogP contribution in [0.15, 0.2) is 42.5 Å². The van der Waals surface area contributed by atoms with Gasteiger partial charge in [0.15, 0.2) is 5.78 Å². The zero-order valence-electron chi connectivity index (χ0n) is 20.3. The molecule has 0 radical (unpaired) electrons. The molecule has 1 aromatic carbocycles. The summed E-state index contributed by atoms with van der Waals surface area (Å²) in [5, 5.41) is 0. The van der Waals surface area contributed by atoms with E-state index in [0.29, 0.717) is 0 Å². The second-order valence-electron chi connectivity index (χ2n) is 8.79. The number of hydrogen-bond donors (Lipinski definition) is 0. The molecule has 0 saturated carbocycles. The third-order valence-electron chi connectivity index (χ3n) is 5.38. The van der Waals surface area contributed by atoms with Crippen LogP contribution in [0.5, 0.6) is 0 Å². The molecule has 0 fully saturated rings. The number of anilines is 1. The van der Waals surface area contributed by atoms with Gasteiger partial charge in [-0.25, -0.2) is 9.29 Å². The van der Waals surface area contributed by atoms with E-state index in [9.17, 15) is 46.3 Å². The molecule has 8 nitrogen and oxygen atoms in total. The molecule has 2 heterocycles. The van der Waals surface area contributed by atoms with Crippen LogP contribution in [0.2, 0.25) is 0 Å². The molecule has 0 aliphatic carbocycles. The molecule has 0 N–H and O–H groups in total. The summed E-state index contributed by atoms with van der Waals surface area (Å²) in [5.74, 6) is -5.72. The van der Waals surface area contributed by atoms with Gasteiger partial charge < -0.3 is 0 Å². The normalized spacial score (nSPS) is 16.2. The van der Waals surface area contributed by atoms with Crippen LogP contribution in [0.25, 0.3) is 0 Å². The van der Waals surface area contributed by atoms with Crippen molar-refractivity contribution in [2.45, 2.75) is 46.3 Å². The number of imide groups is 2. The van der Waals surface area contributed by atoms with E-state index < -0.39 is 59.8 Å². The van der Waals surface area contributed by atoms with E-state index in [1.807, 2.05) is 0 Å². The van der Waals surface area contributed by atoms with Gasteiger partial charge in [-0.05, 0) is 18.2 Å². The number of ketones is 2. The van der Waals surface area contributed by atoms with E-state index in [2.05, 4.69) is 0 Å². The molecule has 1 aromatic rings. The highest BCUT2D eigenvalue weighted by atomic mass is 19.4. The Balaban J connectivity index is 0.000000261. The Hall–Kier alpha value is -3.96. The minimum absolute atomic E-state index is 0.0836. The number of benzene rings is 1. The monoisotopic (exact) mass is 524 g/mol. The van der Waals surface area contributed by atoms with Crippen molar-refractivity contribution in [1.29, 1.82) is 0 Å². The van der Waals surface area contributed by atoms with Crippen molar-refractivity contribution in [2.24, 2.45) is 11.8 Å². The van der Waals surface area contributed by atoms with Gasteiger partial charge >= 0.3 is 6.18 Å². The first-order chi connectivity index (χ1) is 17.1. The number of carbonyl (C=O) groups excluding carboxylic acids is 6. The number of rotatable bonds is 7. The summed E-state index contributed by atoms with van der Waals surface area (Å²) in [6.45, 7) is 6.23. The second kappa shape index (κ2) is 11.4. The van der Waals surface area contributed by atoms with Gasteiger partial charge in [0.1, 0.15) is 17.6 Å². The minimum atomic E-state index is -4.82. The third-order valence-corrected chi connectivity index (χ3v) is 5.38. The second-order valence-corrected chi connectivity index (χ2v) is 8.79. The summed E-state index contributed by atoms with van der Waals surface area (Å²) in [7, 11) is 0. The average Bonchev–Trinajstić information content (AvgIpc) is 3.31. The number of amides is 4. The first-order valence-corrected chi connectivity index (χ1v) is 11.1. The number of carbonyl (C=O) groups is 6. The molecule has 12 heteroatoms. The van der Waals surface area contributed by atoms with Gasteiger partial charge in [0, 0.05) is 42.6 Å². The number of Topliss-reactive ketones (excluding diaryl/α,β-unsaturated/α-hetero) is 2. The Morgan fingerprint density at radius 2 is 1.30 bits per heavy atom. The van der Waals surface area contributed by atoms with Crippen LogP contribution >= 0.6 is 0 Å². The van der Waals surface area contributed by atoms with E-state index in [1.165, 1.54) is 26.0 Å². The van der Waals surface area contributed by atoms with Crippen molar-refractivity contribution >= 4 is 40.9 Å². The van der Waals surface area contributed by atoms with Gasteiger partial charge in [-0.3, -0.25) is 33.7 Å². The fraction of sp³-hybridized carbons (Fsp3) is 0.360. The number of nitrogens with zero attached hydrogens (tertiary/aromatic N) is 2. The predicted molar refractivity (Wildman–Crippen MR) is 122 cm³/mol. The van der Waals surface area contributed by atoms with Crippen LogP contribution in [0.1, 0.15) is 44.5 Å². The van der Waals surface area contributed by atoms with Gasteiger partial charge in [-0.1, -0.05) is 27.7 Å². The number of halogens is 4. The third kappa shape index (κ3) is 6.83. The van der Waals surface area contributed by atoms with Crippen LogP contribution in [0.3, 0.4) is 0 Å². The zero-order chi connectivity index (χ0) is 28.2. The van der Waals surface area contributed by atoms with E-state index >= 15 is 0 Å². The lowest BCUT2D eigenvalue weighted by molar-refractivity contribution is -0.191. The van der Waals surface area contributed by atoms with Crippen molar-refractivity contribution < 1.29 is 46.3 Å². The maximum atomic E-state index is 13.6. The Bertz CT molecular complexity index is 1160. The first kappa shape index (κ1) is 29.3. The van der Waals surface area contributed by atoms with Gasteiger partial charge in [0.05, 0.1) is 11.3 Å². The molecule has 1 atom stereocenters. The SMILES string of the molecule is CC(C)C(=O)CC(N1C(=O)C=CC1=O)C(F)(F)F.CC(C)C(=O)c1cc(N2C(=O)C=CC2=O)ccc1F. The van der Waals surface area contributed by atoms with Crippen molar-refractivity contribution in [3.05, 3.63) is 53.9 Å². The molecule has 2 aliphatic rings. The largest absolute Gasteiger partial charge is 0.409 e. The topological polar surface area (TPSA) is 109 Å². The van der Waals surface area contributed by atoms with Crippen molar-refractivity contribution in [3.8, 4) is 0 Å². The molecule has 3 rings (SSSR count). The van der Waals surface area contributed by atoms with E-state index in [0.717, 1.165) is 35.3 Å². The van der Waals surface area contributed by atoms with Crippen molar-refractivity contribution in [1.82, 2.24) is 4.90 Å². The zero-order valence-corrected chi connectivity index (χ0v) is 20.3. The van der Waals surface area contributed by atoms with Crippen LogP contribution in [0, 0.1) is 17.7 Å². The van der Waals surface area contributed by atoms with Crippen LogP contribution in [-0.2, 0) is 24.0 Å². The molecule has 2 aliphatic heterocycles. The van der Waals surface area contributed by atoms with Gasteiger partial charge in [0.25, 0.3) is 23.6 Å². The highest BCUT2D eigenvalue weighted by Crippen LogP contribution is 2.30. The fourth-order valence-electron chi connectivity index (χ4n) is 3.31. The van der Waals surface area contributed by atoms with Gasteiger partial charge in [-0.15, -0.1) is 0 Å². The summed E-state index contributed by atoms with van der Waals surface area (Å²) >= 11 is 0. The Morgan fingerprint density at radius 3 is 1.73 bits per heavy atom. The highest BCUT2D eigenvalue weighted by Gasteiger charge is 2.49. The summed E-state index contributed by atoms with van der Waals surface area (Å²) in [6, 6.07) is 1.24. The van der Waals surface area contributed by atoms with E-state index in [-0.39, 0.29) is 27.9 Å². The maximum Gasteiger partial charge on any atom is 0.409 e. The molecule has 0 bridgehead atoms. The Kier molecular flexibility index (Phi) is 9.02. The molecule has 198 valence electrons. The Morgan fingerprint density at radius 1 is 0.811 bits per heavy atom. The van der Waals surface area contributed by atoms with E-state index in [4.69, 9.17) is 0 Å². The summed E-state index contributed by atoms with van der Waals surface area (Å²) < 4.78 is 52.1. The van der Waals surface area contributed by atoms with Gasteiger partial charge in [-0.2, -0.15) is 13.2 Å². The van der Waals surface area contributed by atoms with Crippen LogP contribution < -0.4 is 4.90 Å². The standard InChI is InChI=1S/C14H12FNO3.C11H12F3NO3/c1-8(2)14(19)10-7-9(3-4-11(10)15)16-12(17)5-6-13(16)18;1-6(2)7(16)5-8(11(12,13)14)15-9(17)3-4-10(15)18/h3-8H,1-2H3;3-4,6,8H,5H2,1-2H3. The smallest absolute Gasteiger partial charge is 0.299 e. The molecular weight excluding hydrogens is 500 g/mol. The molecule has 0 aromatic heterocycles. The lowest BCUT2D eigenvalue weighted by Crippen LogP contribution is -2.50. The molecule has 0 spiro atoms. The average molecular weight is 524 g/mol. The first-order valence-electron chi connectivity index (χ1n) is 11.1. The van der Waals surface area contributed by atoms with Crippen LogP contribution in [0.4, 0.5) is 23.2 Å². The maximum absolute atomic E-state index is 13.6. The summed E-state index contributed by atoms with van der Waals surface area (Å²) in [5.41, 5.74) is 0.0883. The minimum Gasteiger partial charge on any atom is -0.299 e. The van der Waals surface area contributed by atoms with Crippen molar-refractivity contribution in [3.63, 3.8) is 0 Å². The Labute approximate surface area is 209 Å². The lowest BCUT2D eigenvalue weighted by atomic mass is 10.00. The summed E-state index contributed by atoms with van der Waals surface area (Å²) in [4.78, 5) is 69.7. The predicted octanol–water partition coefficient (Wildman–Crippen LogP) is 3.55. The van der Waals surface area contributed by atoms with E-state index in [1.54, 1.807) is 13.8 Å². The number of hydrogen-bond acceptors (Lipinski definition) is 6. The quantitative estimate of drug-likeness (QED) is 0.307. The molecule has 0 saturated heterocycles. The van der Waals surface area contributed by atoms with Crippen LogP contribution in [-0.4, -0.2) is 52.3 Å². The number of alkyl halides is 3. The van der Waals surface area contributed by atoms with Crippen molar-refractivity contribution in [2.75, 3.05) is 4.90 Å². The summed E-state index contributed by atoms with van der Waals surface area (Å²) in [6.07, 6.45) is -1.92. The van der Waals surface area contributed by atoms with Gasteiger partial charge in [0.2, 0.25) is 0 Å². The molecule has 1 unspecified atom stereocenters.